The highest BCUT2D eigenvalue weighted by Gasteiger charge is 2.60. The molecule has 6 rings (SSSR count). The van der Waals surface area contributed by atoms with Crippen molar-refractivity contribution in [3.63, 3.8) is 0 Å². The van der Waals surface area contributed by atoms with Gasteiger partial charge in [-0.15, -0.1) is 0 Å². The molecule has 1 heterocycles. The molecular formula is C32H32N2O4. The third kappa shape index (κ3) is 4.62. The molecule has 0 saturated heterocycles. The van der Waals surface area contributed by atoms with E-state index in [-0.39, 0.29) is 23.3 Å². The molecule has 0 amide bonds. The van der Waals surface area contributed by atoms with Crippen molar-refractivity contribution >= 4 is 5.97 Å². The lowest BCUT2D eigenvalue weighted by Gasteiger charge is -2.15. The van der Waals surface area contributed by atoms with Crippen LogP contribution in [0.15, 0.2) is 48.7 Å². The maximum absolute atomic E-state index is 11.3. The van der Waals surface area contributed by atoms with Crippen LogP contribution in [-0.2, 0) is 17.8 Å². The van der Waals surface area contributed by atoms with Crippen molar-refractivity contribution < 1.29 is 19.4 Å². The molecule has 38 heavy (non-hydrogen) atoms. The Morgan fingerprint density at radius 3 is 2.66 bits per heavy atom. The summed E-state index contributed by atoms with van der Waals surface area (Å²) in [6.45, 7) is 12.6. The molecule has 3 atom stereocenters. The number of aryl methyl sites for hydroxylation is 2. The highest BCUT2D eigenvalue weighted by atomic mass is 16.5. The normalized spacial score (nSPS) is 21.7. The number of hydrogen-bond acceptors (Lipinski definition) is 4. The summed E-state index contributed by atoms with van der Waals surface area (Å²) in [5.74, 6) is 0.878. The Hall–Kier alpha value is -3.85. The SMILES string of the molecule is [C-]#[N+]C1(CCCOc2cc(C)c(-c3cccc(COc4cc5c(cn4)[C@H]4[C@@H](C5)[C@@H]4C(=O)O)c3)c(C)c2)CC1. The van der Waals surface area contributed by atoms with Gasteiger partial charge in [-0.1, -0.05) is 18.2 Å². The van der Waals surface area contributed by atoms with Crippen LogP contribution in [0.25, 0.3) is 16.0 Å². The maximum Gasteiger partial charge on any atom is 0.307 e. The van der Waals surface area contributed by atoms with E-state index in [9.17, 15) is 9.90 Å². The van der Waals surface area contributed by atoms with E-state index in [1.54, 1.807) is 6.20 Å². The highest BCUT2D eigenvalue weighted by Crippen LogP contribution is 2.61. The van der Waals surface area contributed by atoms with Crippen molar-refractivity contribution in [2.45, 2.75) is 64.0 Å². The summed E-state index contributed by atoms with van der Waals surface area (Å²) in [4.78, 5) is 19.6. The summed E-state index contributed by atoms with van der Waals surface area (Å²) >= 11 is 0. The number of hydrogen-bond donors (Lipinski definition) is 1. The van der Waals surface area contributed by atoms with Gasteiger partial charge in [0.05, 0.1) is 12.5 Å². The van der Waals surface area contributed by atoms with Crippen LogP contribution in [0.2, 0.25) is 0 Å². The zero-order valence-corrected chi connectivity index (χ0v) is 21.9. The summed E-state index contributed by atoms with van der Waals surface area (Å²) in [7, 11) is 0. The molecule has 2 fully saturated rings. The van der Waals surface area contributed by atoms with Crippen molar-refractivity contribution in [3.8, 4) is 22.8 Å². The number of carbonyl (C=O) groups is 1. The topological polar surface area (TPSA) is 73.0 Å². The Morgan fingerprint density at radius 1 is 1.16 bits per heavy atom. The third-order valence-electron chi connectivity index (χ3n) is 8.50. The average molecular weight is 509 g/mol. The Bertz CT molecular complexity index is 1430. The number of pyridine rings is 1. The number of aliphatic carboxylic acids is 1. The summed E-state index contributed by atoms with van der Waals surface area (Å²) < 4.78 is 12.1. The molecule has 0 spiro atoms. The predicted octanol–water partition coefficient (Wildman–Crippen LogP) is 6.53. The zero-order valence-electron chi connectivity index (χ0n) is 21.9. The van der Waals surface area contributed by atoms with Gasteiger partial charge in [0.25, 0.3) is 0 Å². The second kappa shape index (κ2) is 9.47. The molecule has 3 aliphatic rings. The largest absolute Gasteiger partial charge is 0.494 e. The van der Waals surface area contributed by atoms with Crippen LogP contribution in [0.5, 0.6) is 11.6 Å². The minimum absolute atomic E-state index is 0.0870. The maximum atomic E-state index is 11.3. The van der Waals surface area contributed by atoms with E-state index in [1.807, 2.05) is 6.07 Å². The number of ether oxygens (including phenoxy) is 2. The smallest absolute Gasteiger partial charge is 0.307 e. The number of fused-ring (bicyclic) bond motifs is 3. The van der Waals surface area contributed by atoms with Gasteiger partial charge in [-0.3, -0.25) is 4.79 Å². The van der Waals surface area contributed by atoms with Crippen molar-refractivity contribution in [1.82, 2.24) is 4.98 Å². The first kappa shape index (κ1) is 24.5. The quantitative estimate of drug-likeness (QED) is 0.249. The van der Waals surface area contributed by atoms with E-state index in [0.29, 0.717) is 19.1 Å². The van der Waals surface area contributed by atoms with Crippen molar-refractivity contribution in [2.75, 3.05) is 6.61 Å². The third-order valence-corrected chi connectivity index (χ3v) is 8.50. The summed E-state index contributed by atoms with van der Waals surface area (Å²) in [6, 6.07) is 14.6. The number of rotatable bonds is 10. The van der Waals surface area contributed by atoms with Crippen LogP contribution in [-0.4, -0.2) is 28.2 Å². The second-order valence-electron chi connectivity index (χ2n) is 11.2. The van der Waals surface area contributed by atoms with E-state index in [2.05, 4.69) is 60.1 Å². The molecule has 3 aromatic rings. The number of benzene rings is 2. The Kier molecular flexibility index (Phi) is 6.10. The molecule has 0 unspecified atom stereocenters. The first-order chi connectivity index (χ1) is 18.4. The molecule has 2 aromatic carbocycles. The first-order valence-corrected chi connectivity index (χ1v) is 13.4. The van der Waals surface area contributed by atoms with Crippen molar-refractivity contribution in [2.24, 2.45) is 11.8 Å². The summed E-state index contributed by atoms with van der Waals surface area (Å²) in [5.41, 5.74) is 7.89. The highest BCUT2D eigenvalue weighted by molar-refractivity contribution is 5.77. The molecule has 194 valence electrons. The van der Waals surface area contributed by atoms with Crippen LogP contribution in [0.3, 0.4) is 0 Å². The van der Waals surface area contributed by atoms with Gasteiger partial charge in [0.15, 0.2) is 0 Å². The molecule has 0 radical (unpaired) electrons. The number of aromatic nitrogens is 1. The predicted molar refractivity (Wildman–Crippen MR) is 144 cm³/mol. The van der Waals surface area contributed by atoms with E-state index in [1.165, 1.54) is 11.1 Å². The lowest BCUT2D eigenvalue weighted by Crippen LogP contribution is -2.06. The fourth-order valence-corrected chi connectivity index (χ4v) is 6.27. The van der Waals surface area contributed by atoms with E-state index >= 15 is 0 Å². The van der Waals surface area contributed by atoms with Gasteiger partial charge < -0.3 is 19.4 Å². The number of carboxylic acids is 1. The minimum atomic E-state index is -0.696. The Labute approximate surface area is 223 Å². The lowest BCUT2D eigenvalue weighted by molar-refractivity contribution is -0.139. The van der Waals surface area contributed by atoms with Crippen LogP contribution >= 0.6 is 0 Å². The van der Waals surface area contributed by atoms with Crippen LogP contribution < -0.4 is 9.47 Å². The van der Waals surface area contributed by atoms with Gasteiger partial charge in [-0.25, -0.2) is 11.6 Å². The first-order valence-electron chi connectivity index (χ1n) is 13.4. The Balaban J connectivity index is 1.09. The molecular weight excluding hydrogens is 476 g/mol. The van der Waals surface area contributed by atoms with Crippen molar-refractivity contribution in [1.29, 1.82) is 0 Å². The average Bonchev–Trinajstić information content (AvgIpc) is 3.80. The van der Waals surface area contributed by atoms with Gasteiger partial charge in [0.2, 0.25) is 11.4 Å². The molecule has 2 saturated carbocycles. The second-order valence-corrected chi connectivity index (χ2v) is 11.2. The summed E-state index contributed by atoms with van der Waals surface area (Å²) in [6.07, 6.45) is 6.51. The fourth-order valence-electron chi connectivity index (χ4n) is 6.27. The Morgan fingerprint density at radius 2 is 1.95 bits per heavy atom. The molecule has 3 aliphatic carbocycles. The fraction of sp³-hybridized carbons (Fsp3) is 0.406. The molecule has 6 nitrogen and oxygen atoms in total. The van der Waals surface area contributed by atoms with Crippen LogP contribution in [0, 0.1) is 32.3 Å². The molecule has 6 heteroatoms. The molecule has 1 N–H and O–H groups in total. The van der Waals surface area contributed by atoms with E-state index in [0.717, 1.165) is 65.7 Å². The molecule has 0 bridgehead atoms. The van der Waals surface area contributed by atoms with Crippen molar-refractivity contribution in [3.05, 3.63) is 87.9 Å². The number of carboxylic acid groups (broad SMARTS) is 1. The molecule has 1 aromatic heterocycles. The van der Waals surface area contributed by atoms with Gasteiger partial charge in [-0.05, 0) is 89.8 Å². The van der Waals surface area contributed by atoms with E-state index < -0.39 is 5.97 Å². The van der Waals surface area contributed by atoms with E-state index in [4.69, 9.17) is 16.0 Å². The molecule has 0 aliphatic heterocycles. The summed E-state index contributed by atoms with van der Waals surface area (Å²) in [5, 5.41) is 9.32. The van der Waals surface area contributed by atoms with Gasteiger partial charge in [0, 0.05) is 37.4 Å². The van der Waals surface area contributed by atoms with Gasteiger partial charge in [-0.2, -0.15) is 0 Å². The standard InChI is InChI=1S/C32H32N2O4/c1-19-12-24(37-11-5-8-32(33-3)9-10-32)13-20(2)28(19)22-7-4-6-21(14-22)18-38-27-16-23-15-25-29(26(23)17-34-27)30(25)31(35)36/h4,6-7,12-14,16-17,25,29-30H,5,8-11,15,18H2,1-2H3,(H,35,36)/t25-,29-,30+/m1/s1. The lowest BCUT2D eigenvalue weighted by atomic mass is 9.94. The zero-order chi connectivity index (χ0) is 26.4. The van der Waals surface area contributed by atoms with Gasteiger partial charge in [0.1, 0.15) is 12.4 Å². The monoisotopic (exact) mass is 508 g/mol. The minimum Gasteiger partial charge on any atom is -0.494 e. The number of nitrogens with zero attached hydrogens (tertiary/aromatic N) is 2. The van der Waals surface area contributed by atoms with Gasteiger partial charge >= 0.3 is 5.97 Å². The van der Waals surface area contributed by atoms with Crippen LogP contribution in [0.1, 0.15) is 59.4 Å². The van der Waals surface area contributed by atoms with Crippen LogP contribution in [0.4, 0.5) is 0 Å².